The zero-order chi connectivity index (χ0) is 9.84. The summed E-state index contributed by atoms with van der Waals surface area (Å²) < 4.78 is 1.83. The molecule has 2 N–H and O–H groups in total. The highest BCUT2D eigenvalue weighted by molar-refractivity contribution is 4.96. The van der Waals surface area contributed by atoms with Crippen molar-refractivity contribution in [3.05, 3.63) is 18.2 Å². The fourth-order valence-corrected chi connectivity index (χ4v) is 1.14. The Morgan fingerprint density at radius 1 is 1.62 bits per heavy atom. The van der Waals surface area contributed by atoms with Gasteiger partial charge in [-0.2, -0.15) is 0 Å². The second-order valence-electron chi connectivity index (χ2n) is 3.48. The minimum atomic E-state index is -0.526. The van der Waals surface area contributed by atoms with Crippen molar-refractivity contribution in [2.45, 2.75) is 26.0 Å². The molecule has 0 aliphatic heterocycles. The Bertz CT molecular complexity index is 257. The molecule has 0 saturated carbocycles. The summed E-state index contributed by atoms with van der Waals surface area (Å²) >= 11 is 0. The quantitative estimate of drug-likeness (QED) is 0.712. The van der Waals surface area contributed by atoms with E-state index < -0.39 is 6.10 Å². The number of aromatic nitrogens is 2. The number of aliphatic hydroxyl groups excluding tert-OH is 1. The molecule has 74 valence electrons. The van der Waals surface area contributed by atoms with E-state index in [1.165, 1.54) is 0 Å². The van der Waals surface area contributed by atoms with Gasteiger partial charge in [0.25, 0.3) is 0 Å². The van der Waals surface area contributed by atoms with Gasteiger partial charge < -0.3 is 15.0 Å². The van der Waals surface area contributed by atoms with Gasteiger partial charge in [-0.15, -0.1) is 0 Å². The Kier molecular flexibility index (Phi) is 3.45. The lowest BCUT2D eigenvalue weighted by Crippen LogP contribution is -2.28. The number of aliphatic hydroxyl groups is 1. The van der Waals surface area contributed by atoms with Gasteiger partial charge in [0.1, 0.15) is 11.9 Å². The number of rotatable bonds is 4. The van der Waals surface area contributed by atoms with E-state index in [4.69, 9.17) is 0 Å². The van der Waals surface area contributed by atoms with E-state index >= 15 is 0 Å². The van der Waals surface area contributed by atoms with Crippen LogP contribution in [0.2, 0.25) is 0 Å². The predicted octanol–water partition coefficient (Wildman–Crippen LogP) is 0.451. The van der Waals surface area contributed by atoms with Crippen molar-refractivity contribution in [3.63, 3.8) is 0 Å². The Morgan fingerprint density at radius 2 is 2.31 bits per heavy atom. The van der Waals surface area contributed by atoms with E-state index in [0.717, 1.165) is 0 Å². The minimum Gasteiger partial charge on any atom is -0.384 e. The zero-order valence-electron chi connectivity index (χ0n) is 8.36. The highest BCUT2D eigenvalue weighted by atomic mass is 16.3. The lowest BCUT2D eigenvalue weighted by atomic mass is 10.3. The number of imidazole rings is 1. The van der Waals surface area contributed by atoms with Gasteiger partial charge in [-0.25, -0.2) is 4.98 Å². The molecule has 0 fully saturated rings. The number of nitrogens with one attached hydrogen (secondary N) is 1. The minimum absolute atomic E-state index is 0.384. The lowest BCUT2D eigenvalue weighted by Gasteiger charge is -2.13. The molecule has 0 spiro atoms. The molecule has 0 aliphatic rings. The average Bonchev–Trinajstić information content (AvgIpc) is 2.47. The highest BCUT2D eigenvalue weighted by Crippen LogP contribution is 2.07. The van der Waals surface area contributed by atoms with Gasteiger partial charge in [0.2, 0.25) is 0 Å². The van der Waals surface area contributed by atoms with Gasteiger partial charge in [-0.1, -0.05) is 13.8 Å². The van der Waals surface area contributed by atoms with Crippen LogP contribution in [0, 0.1) is 0 Å². The molecule has 0 saturated heterocycles. The van der Waals surface area contributed by atoms with E-state index in [2.05, 4.69) is 10.3 Å². The third-order valence-corrected chi connectivity index (χ3v) is 1.88. The maximum atomic E-state index is 9.69. The van der Waals surface area contributed by atoms with E-state index in [-0.39, 0.29) is 0 Å². The molecular formula is C9H17N3O. The van der Waals surface area contributed by atoms with Crippen LogP contribution in [0.4, 0.5) is 0 Å². The third kappa shape index (κ3) is 2.82. The second kappa shape index (κ2) is 4.39. The molecule has 0 amide bonds. The maximum absolute atomic E-state index is 9.69. The summed E-state index contributed by atoms with van der Waals surface area (Å²) in [6.45, 7) is 4.64. The van der Waals surface area contributed by atoms with Crippen LogP contribution in [0.15, 0.2) is 12.4 Å². The van der Waals surface area contributed by atoms with E-state index in [1.807, 2.05) is 31.7 Å². The molecule has 0 aliphatic carbocycles. The van der Waals surface area contributed by atoms with Crippen LogP contribution in [-0.4, -0.2) is 27.2 Å². The van der Waals surface area contributed by atoms with Gasteiger partial charge >= 0.3 is 0 Å². The molecule has 1 rings (SSSR count). The van der Waals surface area contributed by atoms with Crippen molar-refractivity contribution in [2.24, 2.45) is 7.05 Å². The molecule has 4 heteroatoms. The highest BCUT2D eigenvalue weighted by Gasteiger charge is 2.11. The maximum Gasteiger partial charge on any atom is 0.138 e. The first kappa shape index (κ1) is 10.2. The molecule has 1 aromatic rings. The molecule has 1 atom stereocenters. The van der Waals surface area contributed by atoms with Crippen LogP contribution >= 0.6 is 0 Å². The summed E-state index contributed by atoms with van der Waals surface area (Å²) in [6.07, 6.45) is 2.99. The summed E-state index contributed by atoms with van der Waals surface area (Å²) in [6, 6.07) is 0.384. The van der Waals surface area contributed by atoms with Crippen molar-refractivity contribution in [2.75, 3.05) is 6.54 Å². The molecule has 0 radical (unpaired) electrons. The van der Waals surface area contributed by atoms with Crippen molar-refractivity contribution in [3.8, 4) is 0 Å². The van der Waals surface area contributed by atoms with Crippen molar-refractivity contribution in [1.29, 1.82) is 0 Å². The van der Waals surface area contributed by atoms with Crippen molar-refractivity contribution < 1.29 is 5.11 Å². The number of aryl methyl sites for hydroxylation is 1. The summed E-state index contributed by atoms with van der Waals surface area (Å²) in [7, 11) is 1.88. The van der Waals surface area contributed by atoms with E-state index in [9.17, 15) is 5.11 Å². The molecule has 13 heavy (non-hydrogen) atoms. The van der Waals surface area contributed by atoms with Crippen LogP contribution in [0.1, 0.15) is 25.8 Å². The van der Waals surface area contributed by atoms with Crippen molar-refractivity contribution in [1.82, 2.24) is 14.9 Å². The van der Waals surface area contributed by atoms with Gasteiger partial charge in [-0.3, -0.25) is 0 Å². The Morgan fingerprint density at radius 3 is 2.77 bits per heavy atom. The number of hydrogen-bond donors (Lipinski definition) is 2. The SMILES string of the molecule is CC(C)NCC(O)c1nccn1C. The first-order chi connectivity index (χ1) is 6.11. The van der Waals surface area contributed by atoms with E-state index in [1.54, 1.807) is 6.20 Å². The number of hydrogen-bond acceptors (Lipinski definition) is 3. The summed E-state index contributed by atoms with van der Waals surface area (Å²) in [5.41, 5.74) is 0. The lowest BCUT2D eigenvalue weighted by molar-refractivity contribution is 0.159. The topological polar surface area (TPSA) is 50.1 Å². The van der Waals surface area contributed by atoms with Crippen LogP contribution in [0.3, 0.4) is 0 Å². The molecule has 1 unspecified atom stereocenters. The zero-order valence-corrected chi connectivity index (χ0v) is 8.36. The first-order valence-electron chi connectivity index (χ1n) is 4.50. The van der Waals surface area contributed by atoms with Gasteiger partial charge in [0, 0.05) is 32.0 Å². The van der Waals surface area contributed by atoms with Crippen molar-refractivity contribution >= 4 is 0 Å². The second-order valence-corrected chi connectivity index (χ2v) is 3.48. The average molecular weight is 183 g/mol. The summed E-state index contributed by atoms with van der Waals surface area (Å²) in [5.74, 6) is 0.702. The third-order valence-electron chi connectivity index (χ3n) is 1.88. The Hall–Kier alpha value is -0.870. The standard InChI is InChI=1S/C9H17N3O/c1-7(2)11-6-8(13)9-10-4-5-12(9)3/h4-5,7-8,11,13H,6H2,1-3H3. The fraction of sp³-hybridized carbons (Fsp3) is 0.667. The summed E-state index contributed by atoms with van der Waals surface area (Å²) in [4.78, 5) is 4.07. The van der Waals surface area contributed by atoms with Crippen LogP contribution in [0.25, 0.3) is 0 Å². The smallest absolute Gasteiger partial charge is 0.138 e. The first-order valence-corrected chi connectivity index (χ1v) is 4.50. The molecular weight excluding hydrogens is 166 g/mol. The largest absolute Gasteiger partial charge is 0.384 e. The molecule has 0 aromatic carbocycles. The normalized spacial score (nSPS) is 13.6. The molecule has 1 aromatic heterocycles. The van der Waals surface area contributed by atoms with Crippen LogP contribution < -0.4 is 5.32 Å². The molecule has 0 bridgehead atoms. The Balaban J connectivity index is 2.49. The summed E-state index contributed by atoms with van der Waals surface area (Å²) in [5, 5.41) is 12.9. The molecule has 1 heterocycles. The van der Waals surface area contributed by atoms with E-state index in [0.29, 0.717) is 18.4 Å². The fourth-order valence-electron chi connectivity index (χ4n) is 1.14. The monoisotopic (exact) mass is 183 g/mol. The predicted molar refractivity (Wildman–Crippen MR) is 51.3 cm³/mol. The van der Waals surface area contributed by atoms with Gasteiger partial charge in [-0.05, 0) is 0 Å². The van der Waals surface area contributed by atoms with Gasteiger partial charge in [0.15, 0.2) is 0 Å². The van der Waals surface area contributed by atoms with Crippen LogP contribution in [0.5, 0.6) is 0 Å². The number of nitrogens with zero attached hydrogens (tertiary/aromatic N) is 2. The Labute approximate surface area is 78.6 Å². The molecule has 4 nitrogen and oxygen atoms in total. The van der Waals surface area contributed by atoms with Crippen LogP contribution in [-0.2, 0) is 7.05 Å². The van der Waals surface area contributed by atoms with Gasteiger partial charge in [0.05, 0.1) is 0 Å².